The van der Waals surface area contributed by atoms with Crippen molar-refractivity contribution < 1.29 is 62.0 Å². The van der Waals surface area contributed by atoms with Gasteiger partial charge in [-0.25, -0.2) is 4.79 Å². The van der Waals surface area contributed by atoms with E-state index in [0.29, 0.717) is 16.7 Å². The molecule has 2 saturated carbocycles. The zero-order valence-electron chi connectivity index (χ0n) is 42.5. The van der Waals surface area contributed by atoms with Gasteiger partial charge in [-0.1, -0.05) is 104 Å². The van der Waals surface area contributed by atoms with E-state index in [1.165, 1.54) is 13.8 Å². The normalized spacial score (nSPS) is 31.1. The summed E-state index contributed by atoms with van der Waals surface area (Å²) in [5.41, 5.74) is -5.68. The topological polar surface area (TPSA) is 193 Å². The number of nitrogens with one attached hydrogen (secondary N) is 1. The van der Waals surface area contributed by atoms with Gasteiger partial charge < -0.3 is 43.3 Å². The number of ketones is 1. The lowest BCUT2D eigenvalue weighted by molar-refractivity contribution is -0.345. The number of rotatable bonds is 15. The van der Waals surface area contributed by atoms with Gasteiger partial charge in [0.2, 0.25) is 0 Å². The van der Waals surface area contributed by atoms with Crippen LogP contribution < -0.4 is 5.32 Å². The fraction of sp³-hybridized carbons (Fsp3) is 0.635. The van der Waals surface area contributed by atoms with Gasteiger partial charge in [0.1, 0.15) is 17.8 Å². The van der Waals surface area contributed by atoms with Crippen molar-refractivity contribution in [1.29, 1.82) is 0 Å². The lowest BCUT2D eigenvalue weighted by Crippen LogP contribution is -2.82. The molecule has 0 radical (unpaired) electrons. The first kappa shape index (κ1) is 53.3. The van der Waals surface area contributed by atoms with Gasteiger partial charge in [0, 0.05) is 43.6 Å². The van der Waals surface area contributed by atoms with Crippen LogP contribution in [0.3, 0.4) is 0 Å². The van der Waals surface area contributed by atoms with Gasteiger partial charge in [0.15, 0.2) is 40.2 Å². The molecule has 3 aliphatic carbocycles. The predicted octanol–water partition coefficient (Wildman–Crippen LogP) is 7.93. The molecular formula is C52H75NO13Si2. The highest BCUT2D eigenvalue weighted by Crippen LogP contribution is 2.64. The third kappa shape index (κ3) is 9.11. The molecule has 1 saturated heterocycles. The number of fused-ring (bicyclic) bond motifs is 5. The van der Waals surface area contributed by atoms with Crippen molar-refractivity contribution in [2.45, 2.75) is 186 Å². The highest BCUT2D eigenvalue weighted by Gasteiger charge is 2.78. The van der Waals surface area contributed by atoms with Crippen LogP contribution in [-0.4, -0.2) is 111 Å². The molecule has 3 N–H and O–H groups in total. The number of ether oxygens (including phenoxy) is 4. The Kier molecular flexibility index (Phi) is 15.1. The lowest BCUT2D eigenvalue weighted by Gasteiger charge is -2.68. The zero-order chi connectivity index (χ0) is 50.6. The second-order valence-corrected chi connectivity index (χ2v) is 31.3. The van der Waals surface area contributed by atoms with Crippen LogP contribution in [0.2, 0.25) is 36.3 Å². The van der Waals surface area contributed by atoms with Gasteiger partial charge >= 0.3 is 17.9 Å². The van der Waals surface area contributed by atoms with Crippen LogP contribution in [0.5, 0.6) is 0 Å². The number of aliphatic hydroxyl groups excluding tert-OH is 1. The van der Waals surface area contributed by atoms with E-state index >= 15 is 9.59 Å². The first-order chi connectivity index (χ1) is 31.6. The Morgan fingerprint density at radius 1 is 0.897 bits per heavy atom. The van der Waals surface area contributed by atoms with Crippen molar-refractivity contribution in [3.05, 3.63) is 82.9 Å². The number of Topliss-reactive ketones (excluding diaryl/α,β-unsaturated/α-hetero) is 1. The van der Waals surface area contributed by atoms with Crippen molar-refractivity contribution in [3.8, 4) is 0 Å². The molecule has 1 heterocycles. The third-order valence-electron chi connectivity index (χ3n) is 16.8. The molecule has 0 aromatic heterocycles. The van der Waals surface area contributed by atoms with Gasteiger partial charge in [0.25, 0.3) is 5.91 Å². The van der Waals surface area contributed by atoms with Crippen molar-refractivity contribution in [2.75, 3.05) is 6.61 Å². The number of carbonyl (C=O) groups excluding carboxylic acids is 5. The van der Waals surface area contributed by atoms with E-state index in [4.69, 9.17) is 27.8 Å². The summed E-state index contributed by atoms with van der Waals surface area (Å²) in [4.78, 5) is 71.9. The summed E-state index contributed by atoms with van der Waals surface area (Å²) in [7, 11) is -5.41. The van der Waals surface area contributed by atoms with E-state index in [1.54, 1.807) is 82.3 Å². The van der Waals surface area contributed by atoms with E-state index in [2.05, 4.69) is 26.1 Å². The van der Waals surface area contributed by atoms with Gasteiger partial charge in [0.05, 0.1) is 30.3 Å². The van der Waals surface area contributed by atoms with E-state index in [1.807, 2.05) is 39.9 Å². The van der Waals surface area contributed by atoms with Crippen molar-refractivity contribution in [1.82, 2.24) is 5.32 Å². The van der Waals surface area contributed by atoms with Crippen LogP contribution in [0, 0.1) is 16.7 Å². The molecule has 6 rings (SSSR count). The average molecular weight is 978 g/mol. The average Bonchev–Trinajstić information content (AvgIpc) is 3.27. The van der Waals surface area contributed by atoms with Crippen LogP contribution in [-0.2, 0) is 47.0 Å². The second kappa shape index (κ2) is 19.3. The zero-order valence-corrected chi connectivity index (χ0v) is 44.5. The number of hydrogen-bond donors (Lipinski definition) is 3. The Morgan fingerprint density at radius 3 is 1.97 bits per heavy atom. The minimum atomic E-state index is -2.87. The maximum atomic E-state index is 16.1. The van der Waals surface area contributed by atoms with E-state index in [9.17, 15) is 24.6 Å². The first-order valence-corrected chi connectivity index (χ1v) is 29.7. The molecule has 2 bridgehead atoms. The highest BCUT2D eigenvalue weighted by atomic mass is 28.4. The molecule has 1 aliphatic heterocycles. The van der Waals surface area contributed by atoms with Crippen LogP contribution in [0.4, 0.5) is 0 Å². The van der Waals surface area contributed by atoms with Gasteiger partial charge in [-0.05, 0) is 79.0 Å². The fourth-order valence-electron chi connectivity index (χ4n) is 11.4. The van der Waals surface area contributed by atoms with Gasteiger partial charge in [-0.15, -0.1) is 0 Å². The molecule has 14 nitrogen and oxygen atoms in total. The molecule has 374 valence electrons. The minimum Gasteiger partial charge on any atom is -0.456 e. The summed E-state index contributed by atoms with van der Waals surface area (Å²) in [5.74, 6) is -4.73. The molecule has 11 atom stereocenters. The molecule has 16 heteroatoms. The molecule has 3 fully saturated rings. The van der Waals surface area contributed by atoms with Crippen molar-refractivity contribution >= 4 is 46.2 Å². The monoisotopic (exact) mass is 977 g/mol. The lowest BCUT2D eigenvalue weighted by atomic mass is 9.44. The van der Waals surface area contributed by atoms with Crippen LogP contribution in [0.1, 0.15) is 118 Å². The maximum absolute atomic E-state index is 16.1. The summed E-state index contributed by atoms with van der Waals surface area (Å²) in [6, 6.07) is 18.7. The third-order valence-corrected chi connectivity index (χ3v) is 25.9. The Morgan fingerprint density at radius 2 is 1.47 bits per heavy atom. The minimum absolute atomic E-state index is 0.138. The van der Waals surface area contributed by atoms with Crippen LogP contribution in [0.25, 0.3) is 0 Å². The number of esters is 3. The summed E-state index contributed by atoms with van der Waals surface area (Å²) >= 11 is 0. The molecule has 1 amide bonds. The Bertz CT molecular complexity index is 2250. The number of amides is 1. The molecule has 2 aromatic carbocycles. The first-order valence-electron chi connectivity index (χ1n) is 24.2. The Balaban J connectivity index is 1.56. The fourth-order valence-corrected chi connectivity index (χ4v) is 15.5. The molecular weight excluding hydrogens is 903 g/mol. The largest absolute Gasteiger partial charge is 0.456 e. The maximum Gasteiger partial charge on any atom is 0.337 e. The summed E-state index contributed by atoms with van der Waals surface area (Å²) in [6.45, 7) is 25.2. The van der Waals surface area contributed by atoms with Crippen molar-refractivity contribution in [3.63, 3.8) is 0 Å². The standard InChI is InChI=1S/C52H75NO13Si2/c1-15-68(16-2,17-3)65-37-28-38-51(30-61-38,64-33(6)55)43-45(57)52(60)29-36(31(4)39(49(52,10)11)41(62-32(5)54)44(56)50(37,43)12)63-47(59)42(66-67(13,14)48(7,8)9)40(34-24-20-18-21-25-34)53-46(58)35-26-22-19-23-27-35/h18-27,36-38,40-43,45,57,60H,15-17,28-30H2,1-14H3,(H,53,58). The highest BCUT2D eigenvalue weighted by molar-refractivity contribution is 6.74. The van der Waals surface area contributed by atoms with Crippen LogP contribution >= 0.6 is 0 Å². The van der Waals surface area contributed by atoms with Crippen LogP contribution in [0.15, 0.2) is 71.8 Å². The number of aliphatic hydroxyl groups is 2. The molecule has 68 heavy (non-hydrogen) atoms. The van der Waals surface area contributed by atoms with E-state index in [-0.39, 0.29) is 25.0 Å². The van der Waals surface area contributed by atoms with Gasteiger partial charge in [-0.2, -0.15) is 0 Å². The number of carbonyl (C=O) groups is 5. The van der Waals surface area contributed by atoms with Crippen molar-refractivity contribution in [2.24, 2.45) is 16.7 Å². The summed E-state index contributed by atoms with van der Waals surface area (Å²) in [6.07, 6.45) is -8.23. The molecule has 0 spiro atoms. The van der Waals surface area contributed by atoms with E-state index in [0.717, 1.165) is 18.1 Å². The number of benzene rings is 2. The Labute approximate surface area is 404 Å². The number of hydrogen-bond acceptors (Lipinski definition) is 13. The van der Waals surface area contributed by atoms with E-state index < -0.39 is 122 Å². The summed E-state index contributed by atoms with van der Waals surface area (Å²) < 4.78 is 39.3. The molecule has 11 unspecified atom stereocenters. The Hall–Kier alpha value is -4.04. The smallest absolute Gasteiger partial charge is 0.337 e. The predicted molar refractivity (Wildman–Crippen MR) is 260 cm³/mol. The molecule has 4 aliphatic rings. The SMILES string of the molecule is CC[Si](CC)(CC)OC1CC2OCC2(OC(C)=O)C2C(O)C3(O)CC(OC(=O)C(O[Si](C)(C)C(C)(C)C)C(NC(=O)c4ccccc4)c4ccccc4)C(C)=C(C(OC(C)=O)C(=O)C12C)C3(C)C. The molecule has 2 aromatic rings. The summed E-state index contributed by atoms with van der Waals surface area (Å²) in [5, 5.41) is 29.7. The quantitative estimate of drug-likeness (QED) is 0.0675. The second-order valence-electron chi connectivity index (χ2n) is 21.8. The van der Waals surface area contributed by atoms with Gasteiger partial charge in [-0.3, -0.25) is 19.2 Å².